The van der Waals surface area contributed by atoms with Gasteiger partial charge in [0.1, 0.15) is 12.4 Å². The zero-order valence-corrected chi connectivity index (χ0v) is 15.1. The van der Waals surface area contributed by atoms with Gasteiger partial charge in [-0.25, -0.2) is 4.79 Å². The Hall–Kier alpha value is -3.06. The van der Waals surface area contributed by atoms with Gasteiger partial charge in [0.05, 0.1) is 11.7 Å². The molecular formula is C20H23N5O2. The maximum Gasteiger partial charge on any atom is 0.321 e. The van der Waals surface area contributed by atoms with Crippen LogP contribution in [0.15, 0.2) is 54.7 Å². The van der Waals surface area contributed by atoms with Crippen LogP contribution in [-0.2, 0) is 0 Å². The molecule has 2 N–H and O–H groups in total. The number of para-hydroxylation sites is 1. The van der Waals surface area contributed by atoms with E-state index in [0.717, 1.165) is 42.0 Å². The van der Waals surface area contributed by atoms with E-state index >= 15 is 0 Å². The molecule has 4 rings (SSSR count). The summed E-state index contributed by atoms with van der Waals surface area (Å²) in [6.07, 6.45) is 1.75. The van der Waals surface area contributed by atoms with Crippen molar-refractivity contribution in [3.63, 3.8) is 0 Å². The van der Waals surface area contributed by atoms with Gasteiger partial charge in [0.15, 0.2) is 0 Å². The maximum atomic E-state index is 12.5. The third kappa shape index (κ3) is 4.38. The van der Waals surface area contributed by atoms with Crippen molar-refractivity contribution in [3.8, 4) is 5.75 Å². The van der Waals surface area contributed by atoms with Crippen molar-refractivity contribution in [3.05, 3.63) is 54.7 Å². The quantitative estimate of drug-likeness (QED) is 0.729. The molecule has 3 aromatic rings. The average molecular weight is 365 g/mol. The van der Waals surface area contributed by atoms with Crippen LogP contribution in [0, 0.1) is 0 Å². The van der Waals surface area contributed by atoms with Crippen molar-refractivity contribution in [1.82, 2.24) is 20.0 Å². The molecule has 7 heteroatoms. The van der Waals surface area contributed by atoms with E-state index in [1.54, 1.807) is 6.20 Å². The monoisotopic (exact) mass is 365 g/mol. The number of carbonyl (C=O) groups excluding carboxylic acids is 1. The lowest BCUT2D eigenvalue weighted by molar-refractivity contribution is 0.132. The minimum atomic E-state index is -0.0574. The first kappa shape index (κ1) is 17.4. The van der Waals surface area contributed by atoms with Crippen LogP contribution in [0.5, 0.6) is 5.75 Å². The van der Waals surface area contributed by atoms with Gasteiger partial charge in [-0.05, 0) is 30.3 Å². The van der Waals surface area contributed by atoms with Crippen molar-refractivity contribution < 1.29 is 9.53 Å². The lowest BCUT2D eigenvalue weighted by Gasteiger charge is -2.34. The van der Waals surface area contributed by atoms with Gasteiger partial charge in [0.25, 0.3) is 0 Å². The topological polar surface area (TPSA) is 73.5 Å². The van der Waals surface area contributed by atoms with E-state index in [0.29, 0.717) is 19.7 Å². The summed E-state index contributed by atoms with van der Waals surface area (Å²) in [5.74, 6) is 0.894. The molecule has 1 saturated heterocycles. The Kier molecular flexibility index (Phi) is 5.20. The third-order valence-electron chi connectivity index (χ3n) is 4.77. The van der Waals surface area contributed by atoms with Crippen molar-refractivity contribution in [1.29, 1.82) is 0 Å². The molecule has 0 unspecified atom stereocenters. The summed E-state index contributed by atoms with van der Waals surface area (Å²) in [5.41, 5.74) is 1.74. The van der Waals surface area contributed by atoms with Gasteiger partial charge in [-0.15, -0.1) is 0 Å². The molecule has 27 heavy (non-hydrogen) atoms. The minimum Gasteiger partial charge on any atom is -0.492 e. The van der Waals surface area contributed by atoms with Gasteiger partial charge in [0, 0.05) is 43.8 Å². The van der Waals surface area contributed by atoms with Crippen molar-refractivity contribution >= 4 is 22.6 Å². The highest BCUT2D eigenvalue weighted by Crippen LogP contribution is 2.17. The number of anilines is 1. The van der Waals surface area contributed by atoms with E-state index in [9.17, 15) is 4.79 Å². The van der Waals surface area contributed by atoms with Crippen molar-refractivity contribution in [2.75, 3.05) is 44.6 Å². The highest BCUT2D eigenvalue weighted by atomic mass is 16.5. The molecule has 1 aliphatic heterocycles. The molecule has 2 aromatic carbocycles. The molecule has 0 radical (unpaired) electrons. The number of aromatic amines is 1. The normalized spacial score (nSPS) is 15.0. The Morgan fingerprint density at radius 1 is 1.11 bits per heavy atom. The number of hydrogen-bond acceptors (Lipinski definition) is 4. The van der Waals surface area contributed by atoms with Crippen LogP contribution in [0.1, 0.15) is 0 Å². The van der Waals surface area contributed by atoms with E-state index < -0.39 is 0 Å². The molecule has 2 amide bonds. The van der Waals surface area contributed by atoms with E-state index in [1.165, 1.54) is 0 Å². The number of aromatic nitrogens is 2. The van der Waals surface area contributed by atoms with E-state index in [1.807, 2.05) is 53.4 Å². The molecule has 0 spiro atoms. The van der Waals surface area contributed by atoms with Crippen LogP contribution in [0.3, 0.4) is 0 Å². The summed E-state index contributed by atoms with van der Waals surface area (Å²) >= 11 is 0. The predicted octanol–water partition coefficient (Wildman–Crippen LogP) is 2.79. The number of rotatable bonds is 5. The molecule has 2 heterocycles. The van der Waals surface area contributed by atoms with E-state index in [-0.39, 0.29) is 6.03 Å². The molecule has 1 aliphatic rings. The highest BCUT2D eigenvalue weighted by molar-refractivity contribution is 5.92. The number of carbonyl (C=O) groups is 1. The summed E-state index contributed by atoms with van der Waals surface area (Å²) in [4.78, 5) is 16.7. The fourth-order valence-electron chi connectivity index (χ4n) is 3.21. The second-order valence-corrected chi connectivity index (χ2v) is 6.59. The Morgan fingerprint density at radius 3 is 2.74 bits per heavy atom. The number of urea groups is 1. The van der Waals surface area contributed by atoms with Crippen LogP contribution in [0.25, 0.3) is 10.9 Å². The molecule has 1 fully saturated rings. The standard InChI is InChI=1S/C20H23N5O2/c26-20(22-17-6-7-19-16(14-17)15-21-23-19)25-10-8-24(9-11-25)12-13-27-18-4-2-1-3-5-18/h1-7,14-15H,8-13H2,(H,21,23)(H,22,26). The third-order valence-corrected chi connectivity index (χ3v) is 4.77. The fourth-order valence-corrected chi connectivity index (χ4v) is 3.21. The van der Waals surface area contributed by atoms with Crippen LogP contribution < -0.4 is 10.1 Å². The minimum absolute atomic E-state index is 0.0574. The number of hydrogen-bond donors (Lipinski definition) is 2. The van der Waals surface area contributed by atoms with E-state index in [2.05, 4.69) is 20.4 Å². The first-order valence-electron chi connectivity index (χ1n) is 9.17. The van der Waals surface area contributed by atoms with Gasteiger partial charge in [0.2, 0.25) is 0 Å². The molecule has 0 atom stereocenters. The average Bonchev–Trinajstić information content (AvgIpc) is 3.17. The fraction of sp³-hybridized carbons (Fsp3) is 0.300. The first-order chi connectivity index (χ1) is 13.3. The molecule has 1 aromatic heterocycles. The van der Waals surface area contributed by atoms with Gasteiger partial charge in [-0.1, -0.05) is 18.2 Å². The Morgan fingerprint density at radius 2 is 1.93 bits per heavy atom. The summed E-state index contributed by atoms with van der Waals surface area (Å²) in [6, 6.07) is 15.5. The lowest BCUT2D eigenvalue weighted by atomic mass is 10.2. The molecule has 7 nitrogen and oxygen atoms in total. The summed E-state index contributed by atoms with van der Waals surface area (Å²) in [5, 5.41) is 10.9. The zero-order chi connectivity index (χ0) is 18.5. The van der Waals surface area contributed by atoms with Crippen LogP contribution in [0.4, 0.5) is 10.5 Å². The predicted molar refractivity (Wildman–Crippen MR) is 105 cm³/mol. The molecular weight excluding hydrogens is 342 g/mol. The van der Waals surface area contributed by atoms with Crippen LogP contribution in [0.2, 0.25) is 0 Å². The SMILES string of the molecule is O=C(Nc1ccc2[nH]ncc2c1)N1CCN(CCOc2ccccc2)CC1. The van der Waals surface area contributed by atoms with Crippen LogP contribution >= 0.6 is 0 Å². The summed E-state index contributed by atoms with van der Waals surface area (Å²) in [7, 11) is 0. The molecule has 0 aliphatic carbocycles. The van der Waals surface area contributed by atoms with Gasteiger partial charge in [-0.2, -0.15) is 5.10 Å². The molecule has 0 bridgehead atoms. The van der Waals surface area contributed by atoms with Crippen molar-refractivity contribution in [2.45, 2.75) is 0 Å². The Balaban J connectivity index is 1.22. The first-order valence-corrected chi connectivity index (χ1v) is 9.17. The molecule has 140 valence electrons. The Labute approximate surface area is 157 Å². The second kappa shape index (κ2) is 8.09. The number of nitrogens with one attached hydrogen (secondary N) is 2. The number of ether oxygens (including phenoxy) is 1. The number of benzene rings is 2. The maximum absolute atomic E-state index is 12.5. The lowest BCUT2D eigenvalue weighted by Crippen LogP contribution is -2.50. The van der Waals surface area contributed by atoms with Gasteiger partial charge >= 0.3 is 6.03 Å². The Bertz CT molecular complexity index is 888. The number of nitrogens with zero attached hydrogens (tertiary/aromatic N) is 3. The van der Waals surface area contributed by atoms with Crippen molar-refractivity contribution in [2.24, 2.45) is 0 Å². The summed E-state index contributed by atoms with van der Waals surface area (Å²) < 4.78 is 5.75. The van der Waals surface area contributed by atoms with Crippen LogP contribution in [-0.4, -0.2) is 65.4 Å². The smallest absolute Gasteiger partial charge is 0.321 e. The van der Waals surface area contributed by atoms with E-state index in [4.69, 9.17) is 4.74 Å². The summed E-state index contributed by atoms with van der Waals surface area (Å²) in [6.45, 7) is 4.65. The zero-order valence-electron chi connectivity index (χ0n) is 15.1. The molecule has 0 saturated carbocycles. The number of H-pyrrole nitrogens is 1. The van der Waals surface area contributed by atoms with Gasteiger partial charge in [-0.3, -0.25) is 10.00 Å². The number of fused-ring (bicyclic) bond motifs is 1. The van der Waals surface area contributed by atoms with Gasteiger partial charge < -0.3 is 15.0 Å². The largest absolute Gasteiger partial charge is 0.492 e. The highest BCUT2D eigenvalue weighted by Gasteiger charge is 2.21. The number of piperazine rings is 1. The number of amides is 2. The second-order valence-electron chi connectivity index (χ2n) is 6.59.